The Morgan fingerprint density at radius 2 is 2.13 bits per heavy atom. The molecule has 0 amide bonds. The van der Waals surface area contributed by atoms with E-state index in [-0.39, 0.29) is 11.5 Å². The van der Waals surface area contributed by atoms with Gasteiger partial charge >= 0.3 is 0 Å². The minimum Gasteiger partial charge on any atom is -0.395 e. The first-order valence-electron chi connectivity index (χ1n) is 4.59. The molecule has 1 rings (SSSR count). The third kappa shape index (κ3) is 3.40. The minimum atomic E-state index is -3.61. The van der Waals surface area contributed by atoms with E-state index in [9.17, 15) is 16.8 Å². The zero-order valence-electron chi connectivity index (χ0n) is 8.38. The summed E-state index contributed by atoms with van der Waals surface area (Å²) in [6, 6.07) is -0.547. The molecule has 0 saturated carbocycles. The van der Waals surface area contributed by atoms with Crippen LogP contribution in [-0.2, 0) is 19.9 Å². The zero-order chi connectivity index (χ0) is 11.7. The molecular weight excluding hydrogens is 242 g/mol. The fourth-order valence-electron chi connectivity index (χ4n) is 1.33. The van der Waals surface area contributed by atoms with Crippen LogP contribution >= 0.6 is 0 Å². The molecule has 1 saturated heterocycles. The Bertz CT molecular complexity index is 413. The molecule has 1 aliphatic rings. The van der Waals surface area contributed by atoms with Gasteiger partial charge in [0.25, 0.3) is 0 Å². The zero-order valence-corrected chi connectivity index (χ0v) is 10.0. The molecule has 1 fully saturated rings. The highest BCUT2D eigenvalue weighted by molar-refractivity contribution is 7.92. The van der Waals surface area contributed by atoms with Gasteiger partial charge in [0.05, 0.1) is 23.4 Å². The topological polar surface area (TPSA) is 101 Å². The molecular formula is C7H15NO5S2. The van der Waals surface area contributed by atoms with Crippen LogP contribution in [0.2, 0.25) is 0 Å². The third-order valence-electron chi connectivity index (χ3n) is 2.35. The van der Waals surface area contributed by atoms with Crippen LogP contribution < -0.4 is 4.72 Å². The molecule has 6 nitrogen and oxygen atoms in total. The quantitative estimate of drug-likeness (QED) is 0.636. The van der Waals surface area contributed by atoms with Crippen LogP contribution in [0.4, 0.5) is 0 Å². The summed E-state index contributed by atoms with van der Waals surface area (Å²) in [5.41, 5.74) is 0. The fraction of sp³-hybridized carbons (Fsp3) is 1.00. The molecule has 0 bridgehead atoms. The lowest BCUT2D eigenvalue weighted by Gasteiger charge is -2.15. The Balaban J connectivity index is 2.65. The Morgan fingerprint density at radius 1 is 1.53 bits per heavy atom. The summed E-state index contributed by atoms with van der Waals surface area (Å²) in [6.45, 7) is 0.889. The van der Waals surface area contributed by atoms with Crippen molar-refractivity contribution in [2.45, 2.75) is 24.6 Å². The molecule has 2 unspecified atom stereocenters. The predicted octanol–water partition coefficient (Wildman–Crippen LogP) is -1.53. The van der Waals surface area contributed by atoms with Gasteiger partial charge in [-0.1, -0.05) is 0 Å². The van der Waals surface area contributed by atoms with Crippen molar-refractivity contribution >= 4 is 19.9 Å². The number of aliphatic hydroxyl groups excluding tert-OH is 1. The van der Waals surface area contributed by atoms with Gasteiger partial charge in [-0.15, -0.1) is 0 Å². The highest BCUT2D eigenvalue weighted by atomic mass is 32.2. The maximum atomic E-state index is 11.5. The van der Waals surface area contributed by atoms with Gasteiger partial charge in [0.1, 0.15) is 0 Å². The number of hydrogen-bond donors (Lipinski definition) is 2. The number of rotatable bonds is 4. The number of nitrogens with one attached hydrogen (secondary N) is 1. The van der Waals surface area contributed by atoms with E-state index >= 15 is 0 Å². The molecule has 0 radical (unpaired) electrons. The van der Waals surface area contributed by atoms with E-state index < -0.39 is 37.8 Å². The molecule has 2 atom stereocenters. The van der Waals surface area contributed by atoms with Crippen molar-refractivity contribution in [2.75, 3.05) is 18.1 Å². The number of sulfone groups is 1. The second-order valence-electron chi connectivity index (χ2n) is 3.76. The minimum absolute atomic E-state index is 0.0215. The van der Waals surface area contributed by atoms with E-state index in [4.69, 9.17) is 5.11 Å². The largest absolute Gasteiger partial charge is 0.395 e. The van der Waals surface area contributed by atoms with Crippen molar-refractivity contribution in [3.63, 3.8) is 0 Å². The van der Waals surface area contributed by atoms with Crippen molar-refractivity contribution in [1.82, 2.24) is 4.72 Å². The predicted molar refractivity (Wildman–Crippen MR) is 55.7 cm³/mol. The van der Waals surface area contributed by atoms with Crippen LogP contribution in [0, 0.1) is 0 Å². The number of hydrogen-bond acceptors (Lipinski definition) is 5. The molecule has 2 N–H and O–H groups in total. The first kappa shape index (κ1) is 12.9. The van der Waals surface area contributed by atoms with Crippen LogP contribution in [0.15, 0.2) is 0 Å². The first-order valence-corrected chi connectivity index (χ1v) is 7.96. The lowest BCUT2D eigenvalue weighted by atomic mass is 10.3. The Morgan fingerprint density at radius 3 is 2.53 bits per heavy atom. The van der Waals surface area contributed by atoms with Crippen LogP contribution in [0.3, 0.4) is 0 Å². The van der Waals surface area contributed by atoms with Crippen molar-refractivity contribution in [3.05, 3.63) is 0 Å². The smallest absolute Gasteiger partial charge is 0.216 e. The second-order valence-corrected chi connectivity index (χ2v) is 8.12. The maximum Gasteiger partial charge on any atom is 0.216 e. The molecule has 8 heteroatoms. The van der Waals surface area contributed by atoms with Gasteiger partial charge in [0.15, 0.2) is 9.84 Å². The SMILES string of the molecule is CC(CO)S(=O)(=O)NC1CCS(=O)(=O)C1. The van der Waals surface area contributed by atoms with E-state index in [2.05, 4.69) is 4.72 Å². The molecule has 90 valence electrons. The molecule has 0 aromatic heterocycles. The monoisotopic (exact) mass is 257 g/mol. The summed E-state index contributed by atoms with van der Waals surface area (Å²) in [5, 5.41) is 7.79. The van der Waals surface area contributed by atoms with Crippen molar-refractivity contribution in [2.24, 2.45) is 0 Å². The molecule has 15 heavy (non-hydrogen) atoms. The van der Waals surface area contributed by atoms with Gasteiger partial charge in [0, 0.05) is 6.04 Å². The van der Waals surface area contributed by atoms with E-state index in [0.717, 1.165) is 0 Å². The highest BCUT2D eigenvalue weighted by Crippen LogP contribution is 2.13. The van der Waals surface area contributed by atoms with Crippen LogP contribution in [-0.4, -0.2) is 51.3 Å². The Labute approximate surface area is 89.7 Å². The van der Waals surface area contributed by atoms with E-state index in [1.807, 2.05) is 0 Å². The van der Waals surface area contributed by atoms with E-state index in [1.165, 1.54) is 6.92 Å². The lowest BCUT2D eigenvalue weighted by Crippen LogP contribution is -2.41. The fourth-order valence-corrected chi connectivity index (χ4v) is 4.21. The van der Waals surface area contributed by atoms with E-state index in [0.29, 0.717) is 6.42 Å². The second kappa shape index (κ2) is 4.36. The van der Waals surface area contributed by atoms with Gasteiger partial charge in [0.2, 0.25) is 10.0 Å². The van der Waals surface area contributed by atoms with Gasteiger partial charge in [-0.3, -0.25) is 0 Å². The Kier molecular flexibility index (Phi) is 3.75. The molecule has 1 aliphatic heterocycles. The molecule has 0 aromatic rings. The van der Waals surface area contributed by atoms with E-state index in [1.54, 1.807) is 0 Å². The standard InChI is InChI=1S/C7H15NO5S2/c1-6(4-9)15(12,13)8-7-2-3-14(10,11)5-7/h6-9H,2-5H2,1H3. The Hall–Kier alpha value is -0.180. The summed E-state index contributed by atoms with van der Waals surface area (Å²) in [5.74, 6) is -0.127. The average molecular weight is 257 g/mol. The first-order chi connectivity index (χ1) is 6.77. The third-order valence-corrected chi connectivity index (χ3v) is 5.99. The van der Waals surface area contributed by atoms with Gasteiger partial charge in [-0.2, -0.15) is 0 Å². The molecule has 0 aromatic carbocycles. The number of sulfonamides is 1. The summed E-state index contributed by atoms with van der Waals surface area (Å²) >= 11 is 0. The van der Waals surface area contributed by atoms with Crippen LogP contribution in [0.5, 0.6) is 0 Å². The summed E-state index contributed by atoms with van der Waals surface area (Å²) in [4.78, 5) is 0. The van der Waals surface area contributed by atoms with Crippen molar-refractivity contribution < 1.29 is 21.9 Å². The van der Waals surface area contributed by atoms with Gasteiger partial charge in [-0.05, 0) is 13.3 Å². The lowest BCUT2D eigenvalue weighted by molar-refractivity contribution is 0.294. The van der Waals surface area contributed by atoms with Crippen molar-refractivity contribution in [1.29, 1.82) is 0 Å². The molecule has 0 aliphatic carbocycles. The van der Waals surface area contributed by atoms with Gasteiger partial charge < -0.3 is 5.11 Å². The molecule has 0 spiro atoms. The normalized spacial score (nSPS) is 27.7. The summed E-state index contributed by atoms with van der Waals surface area (Å²) in [6.07, 6.45) is 0.305. The highest BCUT2D eigenvalue weighted by Gasteiger charge is 2.32. The van der Waals surface area contributed by atoms with Crippen molar-refractivity contribution in [3.8, 4) is 0 Å². The summed E-state index contributed by atoms with van der Waals surface area (Å²) in [7, 11) is -6.70. The molecule has 1 heterocycles. The summed E-state index contributed by atoms with van der Waals surface area (Å²) < 4.78 is 47.4. The maximum absolute atomic E-state index is 11.5. The number of aliphatic hydroxyl groups is 1. The van der Waals surface area contributed by atoms with Crippen LogP contribution in [0.25, 0.3) is 0 Å². The van der Waals surface area contributed by atoms with Gasteiger partial charge in [-0.25, -0.2) is 21.6 Å². The average Bonchev–Trinajstić information content (AvgIpc) is 2.43. The van der Waals surface area contributed by atoms with Crippen LogP contribution in [0.1, 0.15) is 13.3 Å².